The second-order valence-electron chi connectivity index (χ2n) is 5.46. The van der Waals surface area contributed by atoms with Crippen LogP contribution in [0, 0.1) is 12.8 Å². The van der Waals surface area contributed by atoms with Crippen LogP contribution in [-0.4, -0.2) is 17.5 Å². The summed E-state index contributed by atoms with van der Waals surface area (Å²) < 4.78 is 5.77. The number of rotatable bonds is 6. The number of nitrogens with zero attached hydrogens (tertiary/aromatic N) is 1. The molecule has 1 aliphatic rings. The monoisotopic (exact) mass is 236 g/mol. The largest absolute Gasteiger partial charge is 0.465 e. The highest BCUT2D eigenvalue weighted by molar-refractivity contribution is 5.20. The van der Waals surface area contributed by atoms with Crippen LogP contribution in [0.3, 0.4) is 0 Å². The van der Waals surface area contributed by atoms with Gasteiger partial charge in [0, 0.05) is 24.7 Å². The lowest BCUT2D eigenvalue weighted by molar-refractivity contribution is 0.187. The Balaban J connectivity index is 1.99. The summed E-state index contributed by atoms with van der Waals surface area (Å²) in [5.41, 5.74) is 6.81. The van der Waals surface area contributed by atoms with Gasteiger partial charge in [0.2, 0.25) is 0 Å². The fourth-order valence-electron chi connectivity index (χ4n) is 2.16. The maximum Gasteiger partial charge on any atom is 0.118 e. The molecule has 0 amide bonds. The fourth-order valence-corrected chi connectivity index (χ4v) is 2.16. The minimum Gasteiger partial charge on any atom is -0.465 e. The van der Waals surface area contributed by atoms with Crippen LogP contribution in [0.15, 0.2) is 10.5 Å². The first-order valence-corrected chi connectivity index (χ1v) is 6.62. The van der Waals surface area contributed by atoms with Crippen molar-refractivity contribution in [2.75, 3.05) is 6.54 Å². The highest BCUT2D eigenvalue weighted by Crippen LogP contribution is 2.31. The van der Waals surface area contributed by atoms with Crippen molar-refractivity contribution in [1.82, 2.24) is 4.90 Å². The topological polar surface area (TPSA) is 42.4 Å². The maximum absolute atomic E-state index is 5.77. The van der Waals surface area contributed by atoms with Gasteiger partial charge >= 0.3 is 0 Å². The summed E-state index contributed by atoms with van der Waals surface area (Å²) in [6, 6.07) is 2.68. The van der Waals surface area contributed by atoms with E-state index in [0.29, 0.717) is 12.6 Å². The van der Waals surface area contributed by atoms with Crippen molar-refractivity contribution in [3.05, 3.63) is 23.2 Å². The first-order valence-electron chi connectivity index (χ1n) is 6.62. The van der Waals surface area contributed by atoms with E-state index in [1.54, 1.807) is 0 Å². The molecule has 17 heavy (non-hydrogen) atoms. The highest BCUT2D eigenvalue weighted by atomic mass is 16.3. The van der Waals surface area contributed by atoms with E-state index in [4.69, 9.17) is 10.2 Å². The van der Waals surface area contributed by atoms with Crippen molar-refractivity contribution in [3.63, 3.8) is 0 Å². The highest BCUT2D eigenvalue weighted by Gasteiger charge is 2.26. The van der Waals surface area contributed by atoms with Gasteiger partial charge in [0.15, 0.2) is 0 Å². The van der Waals surface area contributed by atoms with E-state index in [-0.39, 0.29) is 0 Å². The third kappa shape index (κ3) is 3.33. The van der Waals surface area contributed by atoms with Gasteiger partial charge in [-0.2, -0.15) is 0 Å². The Hall–Kier alpha value is -0.800. The molecule has 96 valence electrons. The Kier molecular flexibility index (Phi) is 3.89. The molecule has 0 saturated heterocycles. The number of furan rings is 1. The molecular weight excluding hydrogens is 212 g/mol. The van der Waals surface area contributed by atoms with Crippen LogP contribution in [0.1, 0.15) is 43.8 Å². The second-order valence-corrected chi connectivity index (χ2v) is 5.46. The van der Waals surface area contributed by atoms with Crippen LogP contribution >= 0.6 is 0 Å². The third-order valence-electron chi connectivity index (χ3n) is 3.57. The van der Waals surface area contributed by atoms with Crippen LogP contribution in [0.25, 0.3) is 0 Å². The molecule has 3 heteroatoms. The lowest BCUT2D eigenvalue weighted by Crippen LogP contribution is -2.32. The van der Waals surface area contributed by atoms with Gasteiger partial charge < -0.3 is 10.2 Å². The van der Waals surface area contributed by atoms with Gasteiger partial charge in [-0.15, -0.1) is 0 Å². The van der Waals surface area contributed by atoms with E-state index in [2.05, 4.69) is 24.8 Å². The van der Waals surface area contributed by atoms with E-state index in [1.165, 1.54) is 19.4 Å². The number of hydrogen-bond donors (Lipinski definition) is 1. The molecule has 0 atom stereocenters. The molecule has 2 N–H and O–H groups in total. The average Bonchev–Trinajstić information content (AvgIpc) is 3.01. The predicted molar refractivity (Wildman–Crippen MR) is 69.6 cm³/mol. The average molecular weight is 236 g/mol. The molecule has 1 saturated carbocycles. The Labute approximate surface area is 104 Å². The number of aryl methyl sites for hydroxylation is 1. The first kappa shape index (κ1) is 12.7. The normalized spacial score (nSPS) is 16.1. The van der Waals surface area contributed by atoms with Gasteiger partial charge in [0.05, 0.1) is 6.54 Å². The zero-order valence-corrected chi connectivity index (χ0v) is 11.2. The molecule has 1 aromatic rings. The van der Waals surface area contributed by atoms with E-state index in [0.717, 1.165) is 29.5 Å². The molecule has 0 aliphatic heterocycles. The Bertz CT molecular complexity index is 366. The van der Waals surface area contributed by atoms with Crippen molar-refractivity contribution >= 4 is 0 Å². The first-order chi connectivity index (χ1) is 8.10. The molecule has 1 heterocycles. The molecule has 0 bridgehead atoms. The number of nitrogens with two attached hydrogens (primary N) is 1. The summed E-state index contributed by atoms with van der Waals surface area (Å²) >= 11 is 0. The van der Waals surface area contributed by atoms with Crippen molar-refractivity contribution in [3.8, 4) is 0 Å². The zero-order chi connectivity index (χ0) is 12.4. The standard InChI is InChI=1S/C14H24N2O/c1-10(2)16(8-12-4-5-12)9-14-6-13(7-15)11(3)17-14/h6,10,12H,4-5,7-9,15H2,1-3H3. The molecule has 0 radical (unpaired) electrons. The summed E-state index contributed by atoms with van der Waals surface area (Å²) in [7, 11) is 0. The van der Waals surface area contributed by atoms with Gasteiger partial charge in [-0.1, -0.05) is 0 Å². The molecule has 0 unspecified atom stereocenters. The quantitative estimate of drug-likeness (QED) is 0.825. The molecule has 1 fully saturated rings. The Morgan fingerprint density at radius 3 is 2.65 bits per heavy atom. The lowest BCUT2D eigenvalue weighted by Gasteiger charge is -2.25. The smallest absolute Gasteiger partial charge is 0.118 e. The summed E-state index contributed by atoms with van der Waals surface area (Å²) in [6.07, 6.45) is 2.79. The van der Waals surface area contributed by atoms with Crippen LogP contribution < -0.4 is 5.73 Å². The summed E-state index contributed by atoms with van der Waals surface area (Å²) in [5, 5.41) is 0. The molecule has 1 aliphatic carbocycles. The van der Waals surface area contributed by atoms with Gasteiger partial charge in [-0.3, -0.25) is 4.90 Å². The zero-order valence-electron chi connectivity index (χ0n) is 11.2. The van der Waals surface area contributed by atoms with Gasteiger partial charge in [-0.25, -0.2) is 0 Å². The Morgan fingerprint density at radius 2 is 2.18 bits per heavy atom. The minimum absolute atomic E-state index is 0.569. The summed E-state index contributed by atoms with van der Waals surface area (Å²) in [6.45, 7) is 9.18. The van der Waals surface area contributed by atoms with E-state index in [9.17, 15) is 0 Å². The molecule has 1 aromatic heterocycles. The minimum atomic E-state index is 0.569. The molecule has 0 spiro atoms. The molecule has 2 rings (SSSR count). The van der Waals surface area contributed by atoms with Gasteiger partial charge in [0.25, 0.3) is 0 Å². The molecular formula is C14H24N2O. The summed E-state index contributed by atoms with van der Waals surface area (Å²) in [5.74, 6) is 2.94. The predicted octanol–water partition coefficient (Wildman–Crippen LogP) is 2.67. The van der Waals surface area contributed by atoms with Crippen LogP contribution in [-0.2, 0) is 13.1 Å². The van der Waals surface area contributed by atoms with E-state index >= 15 is 0 Å². The lowest BCUT2D eigenvalue weighted by atomic mass is 10.2. The van der Waals surface area contributed by atoms with E-state index in [1.807, 2.05) is 6.92 Å². The van der Waals surface area contributed by atoms with Crippen LogP contribution in [0.4, 0.5) is 0 Å². The fraction of sp³-hybridized carbons (Fsp3) is 0.714. The van der Waals surface area contributed by atoms with Gasteiger partial charge in [0.1, 0.15) is 11.5 Å². The summed E-state index contributed by atoms with van der Waals surface area (Å²) in [4.78, 5) is 2.50. The Morgan fingerprint density at radius 1 is 1.47 bits per heavy atom. The van der Waals surface area contributed by atoms with E-state index < -0.39 is 0 Å². The molecule has 0 aromatic carbocycles. The van der Waals surface area contributed by atoms with Crippen LogP contribution in [0.2, 0.25) is 0 Å². The van der Waals surface area contributed by atoms with Crippen LogP contribution in [0.5, 0.6) is 0 Å². The third-order valence-corrected chi connectivity index (χ3v) is 3.57. The maximum atomic E-state index is 5.77. The van der Waals surface area contributed by atoms with Crippen molar-refractivity contribution < 1.29 is 4.42 Å². The van der Waals surface area contributed by atoms with Crippen molar-refractivity contribution in [2.24, 2.45) is 11.7 Å². The molecule has 3 nitrogen and oxygen atoms in total. The number of hydrogen-bond acceptors (Lipinski definition) is 3. The van der Waals surface area contributed by atoms with Gasteiger partial charge in [-0.05, 0) is 45.6 Å². The van der Waals surface area contributed by atoms with Crippen molar-refractivity contribution in [1.29, 1.82) is 0 Å². The second kappa shape index (κ2) is 5.23. The van der Waals surface area contributed by atoms with Crippen molar-refractivity contribution in [2.45, 2.75) is 52.7 Å². The SMILES string of the molecule is Cc1oc(CN(CC2CC2)C(C)C)cc1CN.